The summed E-state index contributed by atoms with van der Waals surface area (Å²) in [6.45, 7) is 0. The van der Waals surface area contributed by atoms with E-state index in [1.165, 1.54) is 38.5 Å². The van der Waals surface area contributed by atoms with Crippen LogP contribution >= 0.6 is 0 Å². The minimum absolute atomic E-state index is 0.0874. The van der Waals surface area contributed by atoms with Crippen LogP contribution in [0.4, 0.5) is 4.39 Å². The number of ketones is 1. The van der Waals surface area contributed by atoms with Crippen LogP contribution < -0.4 is 9.47 Å². The van der Waals surface area contributed by atoms with Crippen molar-refractivity contribution in [3.8, 4) is 11.5 Å². The van der Waals surface area contributed by atoms with Crippen LogP contribution in [0.25, 0.3) is 11.0 Å². The number of carbonyl (C=O) groups is 2. The minimum atomic E-state index is -1.20. The van der Waals surface area contributed by atoms with Gasteiger partial charge < -0.3 is 19.0 Å². The van der Waals surface area contributed by atoms with Gasteiger partial charge in [0, 0.05) is 10.9 Å². The smallest absolute Gasteiger partial charge is 0.336 e. The van der Waals surface area contributed by atoms with Crippen molar-refractivity contribution in [2.75, 3.05) is 14.2 Å². The summed E-state index contributed by atoms with van der Waals surface area (Å²) in [5.41, 5.74) is 0.211. The van der Waals surface area contributed by atoms with E-state index in [1.54, 1.807) is 0 Å². The van der Waals surface area contributed by atoms with E-state index >= 15 is 0 Å². The summed E-state index contributed by atoms with van der Waals surface area (Å²) in [5.74, 6) is -1.92. The van der Waals surface area contributed by atoms with Gasteiger partial charge in [0.2, 0.25) is 11.5 Å². The van der Waals surface area contributed by atoms with Gasteiger partial charge in [0.1, 0.15) is 5.82 Å². The molecule has 0 unspecified atom stereocenters. The summed E-state index contributed by atoms with van der Waals surface area (Å²) in [5, 5.41) is 9.60. The third kappa shape index (κ3) is 2.80. The van der Waals surface area contributed by atoms with Crippen molar-refractivity contribution in [3.05, 3.63) is 59.1 Å². The molecule has 0 saturated carbocycles. The molecule has 1 N–H and O–H groups in total. The van der Waals surface area contributed by atoms with Crippen LogP contribution in [0, 0.1) is 5.82 Å². The minimum Gasteiger partial charge on any atom is -0.493 e. The van der Waals surface area contributed by atoms with Crippen molar-refractivity contribution in [1.82, 2.24) is 0 Å². The zero-order valence-corrected chi connectivity index (χ0v) is 13.3. The first-order valence-corrected chi connectivity index (χ1v) is 7.18. The fourth-order valence-electron chi connectivity index (χ4n) is 2.52. The van der Waals surface area contributed by atoms with Gasteiger partial charge in [0.15, 0.2) is 17.1 Å². The summed E-state index contributed by atoms with van der Waals surface area (Å²) in [7, 11) is 2.74. The molecule has 0 bridgehead atoms. The number of ether oxygens (including phenoxy) is 2. The molecule has 0 aliphatic heterocycles. The monoisotopic (exact) mass is 344 g/mol. The van der Waals surface area contributed by atoms with Crippen LogP contribution in [0.1, 0.15) is 26.5 Å². The lowest BCUT2D eigenvalue weighted by molar-refractivity contribution is 0.0698. The summed E-state index contributed by atoms with van der Waals surface area (Å²) in [6, 6.07) is 7.57. The Morgan fingerprint density at radius 1 is 1.08 bits per heavy atom. The predicted molar refractivity (Wildman–Crippen MR) is 86.1 cm³/mol. The lowest BCUT2D eigenvalue weighted by Crippen LogP contribution is -2.00. The first kappa shape index (κ1) is 16.5. The molecule has 0 atom stereocenters. The number of aromatic carboxylic acids is 1. The molecule has 0 radical (unpaired) electrons. The Labute approximate surface area is 141 Å². The summed E-state index contributed by atoms with van der Waals surface area (Å²) in [4.78, 5) is 24.0. The Balaban J connectivity index is 2.21. The predicted octanol–water partition coefficient (Wildman–Crippen LogP) is 3.52. The van der Waals surface area contributed by atoms with Crippen LogP contribution in [0.15, 0.2) is 40.8 Å². The number of fused-ring (bicyclic) bond motifs is 1. The van der Waals surface area contributed by atoms with Gasteiger partial charge in [-0.05, 0) is 36.4 Å². The highest BCUT2D eigenvalue weighted by atomic mass is 19.1. The van der Waals surface area contributed by atoms with Gasteiger partial charge in [0.05, 0.1) is 19.8 Å². The largest absolute Gasteiger partial charge is 0.493 e. The number of methoxy groups -OCH3 is 2. The molecule has 0 spiro atoms. The van der Waals surface area contributed by atoms with Crippen LogP contribution in [-0.2, 0) is 0 Å². The fraction of sp³-hybridized carbons (Fsp3) is 0.111. The average Bonchev–Trinajstić information content (AvgIpc) is 3.04. The molecule has 0 saturated heterocycles. The number of hydrogen-bond donors (Lipinski definition) is 1. The van der Waals surface area contributed by atoms with Gasteiger partial charge in [-0.25, -0.2) is 9.18 Å². The number of carboxylic acids is 1. The molecule has 0 amide bonds. The molecule has 0 aliphatic rings. The number of benzene rings is 2. The molecule has 6 nitrogen and oxygen atoms in total. The van der Waals surface area contributed by atoms with Crippen molar-refractivity contribution in [3.63, 3.8) is 0 Å². The molecular weight excluding hydrogens is 331 g/mol. The Bertz CT molecular complexity index is 971. The van der Waals surface area contributed by atoms with E-state index < -0.39 is 17.6 Å². The van der Waals surface area contributed by atoms with Crippen molar-refractivity contribution in [1.29, 1.82) is 0 Å². The van der Waals surface area contributed by atoms with Crippen molar-refractivity contribution >= 4 is 22.7 Å². The lowest BCUT2D eigenvalue weighted by atomic mass is 10.1. The molecular formula is C18H13FO6. The van der Waals surface area contributed by atoms with Gasteiger partial charge in [-0.1, -0.05) is 0 Å². The standard InChI is InChI=1S/C18H13FO6/c1-23-14-8-12(18(21)22)11-7-13(25-16(11)17(14)24-2)15(20)9-3-5-10(19)6-4-9/h3-8H,1-2H3,(H,21,22). The van der Waals surface area contributed by atoms with E-state index in [4.69, 9.17) is 13.9 Å². The van der Waals surface area contributed by atoms with Gasteiger partial charge in [-0.3, -0.25) is 4.79 Å². The van der Waals surface area contributed by atoms with E-state index in [-0.39, 0.29) is 39.4 Å². The molecule has 1 aromatic heterocycles. The van der Waals surface area contributed by atoms with Crippen LogP contribution in [0.2, 0.25) is 0 Å². The van der Waals surface area contributed by atoms with E-state index in [2.05, 4.69) is 0 Å². The normalized spacial score (nSPS) is 10.7. The zero-order chi connectivity index (χ0) is 18.1. The number of hydrogen-bond acceptors (Lipinski definition) is 5. The number of carbonyl (C=O) groups excluding carboxylic acids is 1. The fourth-order valence-corrected chi connectivity index (χ4v) is 2.52. The molecule has 3 aromatic rings. The summed E-state index contributed by atoms with van der Waals surface area (Å²) < 4.78 is 28.9. The lowest BCUT2D eigenvalue weighted by Gasteiger charge is -2.09. The maximum atomic E-state index is 13.0. The highest BCUT2D eigenvalue weighted by molar-refractivity contribution is 6.12. The van der Waals surface area contributed by atoms with E-state index in [0.29, 0.717) is 0 Å². The third-order valence-corrected chi connectivity index (χ3v) is 3.71. The molecule has 25 heavy (non-hydrogen) atoms. The van der Waals surface area contributed by atoms with Gasteiger partial charge in [-0.2, -0.15) is 0 Å². The van der Waals surface area contributed by atoms with E-state index in [0.717, 1.165) is 12.1 Å². The van der Waals surface area contributed by atoms with E-state index in [1.807, 2.05) is 0 Å². The van der Waals surface area contributed by atoms with Gasteiger partial charge in [-0.15, -0.1) is 0 Å². The number of rotatable bonds is 5. The average molecular weight is 344 g/mol. The second-order valence-corrected chi connectivity index (χ2v) is 5.15. The van der Waals surface area contributed by atoms with Crippen molar-refractivity contribution < 1.29 is 33.0 Å². The first-order valence-electron chi connectivity index (χ1n) is 7.18. The highest BCUT2D eigenvalue weighted by Crippen LogP contribution is 2.40. The van der Waals surface area contributed by atoms with Gasteiger partial charge >= 0.3 is 5.97 Å². The number of carboxylic acid groups (broad SMARTS) is 1. The number of furan rings is 1. The van der Waals surface area contributed by atoms with Crippen LogP contribution in [0.5, 0.6) is 11.5 Å². The SMILES string of the molecule is COc1cc(C(=O)O)c2cc(C(=O)c3ccc(F)cc3)oc2c1OC. The van der Waals surface area contributed by atoms with Crippen molar-refractivity contribution in [2.45, 2.75) is 0 Å². The maximum Gasteiger partial charge on any atom is 0.336 e. The molecule has 1 heterocycles. The second-order valence-electron chi connectivity index (χ2n) is 5.15. The summed E-state index contributed by atoms with van der Waals surface area (Å²) in [6.07, 6.45) is 0. The maximum absolute atomic E-state index is 13.0. The van der Waals surface area contributed by atoms with Crippen LogP contribution in [-0.4, -0.2) is 31.1 Å². The molecule has 7 heteroatoms. The Hall–Kier alpha value is -3.35. The molecule has 0 fully saturated rings. The quantitative estimate of drug-likeness (QED) is 0.713. The molecule has 3 rings (SSSR count). The number of halogens is 1. The topological polar surface area (TPSA) is 86.0 Å². The zero-order valence-electron chi connectivity index (χ0n) is 13.3. The second kappa shape index (κ2) is 6.27. The van der Waals surface area contributed by atoms with Crippen LogP contribution in [0.3, 0.4) is 0 Å². The Kier molecular flexibility index (Phi) is 4.14. The molecule has 0 aliphatic carbocycles. The molecule has 128 valence electrons. The Morgan fingerprint density at radius 3 is 2.32 bits per heavy atom. The Morgan fingerprint density at radius 2 is 1.76 bits per heavy atom. The van der Waals surface area contributed by atoms with Crippen molar-refractivity contribution in [2.24, 2.45) is 0 Å². The van der Waals surface area contributed by atoms with E-state index in [9.17, 15) is 19.1 Å². The highest BCUT2D eigenvalue weighted by Gasteiger charge is 2.24. The first-order chi connectivity index (χ1) is 12.0. The summed E-state index contributed by atoms with van der Waals surface area (Å²) >= 11 is 0. The third-order valence-electron chi connectivity index (χ3n) is 3.71. The van der Waals surface area contributed by atoms with Gasteiger partial charge in [0.25, 0.3) is 0 Å². The molecule has 2 aromatic carbocycles.